The summed E-state index contributed by atoms with van der Waals surface area (Å²) in [5, 5.41) is 12.1. The number of nitrogens with zero attached hydrogens (tertiary/aromatic N) is 2. The molecule has 1 aromatic carbocycles. The van der Waals surface area contributed by atoms with Gasteiger partial charge in [-0.05, 0) is 37.8 Å². The first-order valence-corrected chi connectivity index (χ1v) is 7.95. The zero-order valence-electron chi connectivity index (χ0n) is 12.4. The number of unbranched alkanes of at least 4 members (excludes halogenated alkanes) is 1. The smallest absolute Gasteiger partial charge is 0.121 e. The van der Waals surface area contributed by atoms with E-state index in [2.05, 4.69) is 28.4 Å². The Bertz CT molecular complexity index is 507. The number of benzene rings is 1. The Morgan fingerprint density at radius 3 is 3.05 bits per heavy atom. The maximum absolute atomic E-state index is 8.51. The minimum absolute atomic E-state index is 0.553. The zero-order valence-corrected chi connectivity index (χ0v) is 12.4. The maximum atomic E-state index is 8.51. The van der Waals surface area contributed by atoms with Gasteiger partial charge >= 0.3 is 0 Å². The average Bonchev–Trinajstić information content (AvgIpc) is 3.25. The van der Waals surface area contributed by atoms with Crippen LogP contribution in [0.2, 0.25) is 0 Å². The van der Waals surface area contributed by atoms with Crippen LogP contribution in [0.15, 0.2) is 24.3 Å². The van der Waals surface area contributed by atoms with Crippen LogP contribution in [0.5, 0.6) is 5.75 Å². The fraction of sp³-hybridized carbons (Fsp3) is 0.588. The predicted molar refractivity (Wildman–Crippen MR) is 83.4 cm³/mol. The van der Waals surface area contributed by atoms with Gasteiger partial charge in [0, 0.05) is 43.3 Å². The van der Waals surface area contributed by atoms with Crippen LogP contribution in [0.25, 0.3) is 0 Å². The minimum Gasteiger partial charge on any atom is -0.493 e. The van der Waals surface area contributed by atoms with Crippen LogP contribution >= 0.6 is 0 Å². The van der Waals surface area contributed by atoms with Crippen molar-refractivity contribution in [2.45, 2.75) is 44.2 Å². The first-order valence-electron chi connectivity index (χ1n) is 7.95. The summed E-state index contributed by atoms with van der Waals surface area (Å²) in [6.45, 7) is 3.00. The van der Waals surface area contributed by atoms with E-state index in [9.17, 15) is 0 Å². The van der Waals surface area contributed by atoms with Gasteiger partial charge in [0.25, 0.3) is 0 Å². The Kier molecular flexibility index (Phi) is 4.62. The van der Waals surface area contributed by atoms with Crippen molar-refractivity contribution in [2.75, 3.05) is 25.0 Å². The highest BCUT2D eigenvalue weighted by Crippen LogP contribution is 2.30. The zero-order chi connectivity index (χ0) is 14.5. The van der Waals surface area contributed by atoms with Crippen LogP contribution in [0.1, 0.15) is 32.1 Å². The van der Waals surface area contributed by atoms with Gasteiger partial charge in [-0.15, -0.1) is 0 Å². The van der Waals surface area contributed by atoms with Crippen molar-refractivity contribution in [3.05, 3.63) is 24.3 Å². The topological polar surface area (TPSA) is 48.3 Å². The number of nitrogens with one attached hydrogen (secondary N) is 1. The lowest BCUT2D eigenvalue weighted by molar-refractivity contribution is 0.313. The molecule has 1 aromatic rings. The highest BCUT2D eigenvalue weighted by atomic mass is 16.5. The molecule has 3 rings (SSSR count). The van der Waals surface area contributed by atoms with E-state index < -0.39 is 0 Å². The lowest BCUT2D eigenvalue weighted by atomic mass is 10.2. The summed E-state index contributed by atoms with van der Waals surface area (Å²) >= 11 is 0. The number of hydrogen-bond donors (Lipinski definition) is 1. The largest absolute Gasteiger partial charge is 0.493 e. The SMILES string of the molecule is N#CCCCOc1cccc(NC2CCN(C3CC3)C2)c1. The fourth-order valence-electron chi connectivity index (χ4n) is 2.93. The van der Waals surface area contributed by atoms with Gasteiger partial charge in [-0.25, -0.2) is 0 Å². The molecule has 1 saturated heterocycles. The molecule has 1 atom stereocenters. The molecule has 1 unspecified atom stereocenters. The number of nitriles is 1. The first kappa shape index (κ1) is 14.2. The van der Waals surface area contributed by atoms with Gasteiger partial charge in [-0.3, -0.25) is 4.90 Å². The predicted octanol–water partition coefficient (Wildman–Crippen LogP) is 3.02. The van der Waals surface area contributed by atoms with Crippen LogP contribution in [0.3, 0.4) is 0 Å². The molecule has 0 radical (unpaired) electrons. The molecule has 21 heavy (non-hydrogen) atoms. The van der Waals surface area contributed by atoms with Crippen molar-refractivity contribution in [1.82, 2.24) is 4.90 Å². The van der Waals surface area contributed by atoms with Crippen LogP contribution < -0.4 is 10.1 Å². The van der Waals surface area contributed by atoms with Crippen LogP contribution in [-0.2, 0) is 0 Å². The number of likely N-dealkylation sites (tertiary alicyclic amines) is 1. The lowest BCUT2D eigenvalue weighted by Crippen LogP contribution is -2.27. The summed E-state index contributed by atoms with van der Waals surface area (Å²) in [6.07, 6.45) is 5.34. The van der Waals surface area contributed by atoms with E-state index in [0.717, 1.165) is 30.4 Å². The molecule has 4 heteroatoms. The van der Waals surface area contributed by atoms with E-state index in [0.29, 0.717) is 19.1 Å². The molecule has 0 aromatic heterocycles. The van der Waals surface area contributed by atoms with E-state index >= 15 is 0 Å². The normalized spacial score (nSPS) is 22.0. The molecule has 0 amide bonds. The molecule has 1 heterocycles. The van der Waals surface area contributed by atoms with Gasteiger partial charge in [0.05, 0.1) is 12.7 Å². The third kappa shape index (κ3) is 4.12. The van der Waals surface area contributed by atoms with Crippen LogP contribution in [-0.4, -0.2) is 36.7 Å². The molecule has 1 aliphatic heterocycles. The second-order valence-electron chi connectivity index (χ2n) is 5.99. The van der Waals surface area contributed by atoms with Gasteiger partial charge in [-0.1, -0.05) is 6.07 Å². The van der Waals surface area contributed by atoms with Crippen molar-refractivity contribution >= 4 is 5.69 Å². The van der Waals surface area contributed by atoms with E-state index in [1.54, 1.807) is 0 Å². The van der Waals surface area contributed by atoms with E-state index in [-0.39, 0.29) is 0 Å². The molecule has 1 N–H and O–H groups in total. The summed E-state index contributed by atoms with van der Waals surface area (Å²) in [6, 6.07) is 11.7. The Labute approximate surface area is 126 Å². The van der Waals surface area contributed by atoms with E-state index in [4.69, 9.17) is 10.00 Å². The molecule has 1 aliphatic carbocycles. The molecule has 2 aliphatic rings. The molecule has 2 fully saturated rings. The molecule has 0 spiro atoms. The molecule has 112 valence electrons. The quantitative estimate of drug-likeness (QED) is 0.782. The average molecular weight is 285 g/mol. The number of ether oxygens (including phenoxy) is 1. The van der Waals surface area contributed by atoms with Gasteiger partial charge < -0.3 is 10.1 Å². The maximum Gasteiger partial charge on any atom is 0.121 e. The standard InChI is InChI=1S/C17H23N3O/c18-9-1-2-11-21-17-5-3-4-14(12-17)19-15-8-10-20(13-15)16-6-7-16/h3-5,12,15-16,19H,1-2,6-8,10-11,13H2. The Hall–Kier alpha value is -1.73. The summed E-state index contributed by atoms with van der Waals surface area (Å²) in [5.74, 6) is 0.884. The summed E-state index contributed by atoms with van der Waals surface area (Å²) < 4.78 is 5.68. The van der Waals surface area contributed by atoms with E-state index in [1.807, 2.05) is 12.1 Å². The molecule has 1 saturated carbocycles. The Balaban J connectivity index is 1.48. The van der Waals surface area contributed by atoms with Crippen molar-refractivity contribution in [3.63, 3.8) is 0 Å². The van der Waals surface area contributed by atoms with Gasteiger partial charge in [0.15, 0.2) is 0 Å². The highest BCUT2D eigenvalue weighted by molar-refractivity contribution is 5.49. The lowest BCUT2D eigenvalue weighted by Gasteiger charge is -2.17. The summed E-state index contributed by atoms with van der Waals surface area (Å²) in [7, 11) is 0. The highest BCUT2D eigenvalue weighted by Gasteiger charge is 2.34. The summed E-state index contributed by atoms with van der Waals surface area (Å²) in [4.78, 5) is 2.61. The van der Waals surface area contributed by atoms with Gasteiger partial charge in [-0.2, -0.15) is 5.26 Å². The minimum atomic E-state index is 0.553. The van der Waals surface area contributed by atoms with Crippen molar-refractivity contribution in [3.8, 4) is 11.8 Å². The second-order valence-corrected chi connectivity index (χ2v) is 5.99. The van der Waals surface area contributed by atoms with Crippen LogP contribution in [0.4, 0.5) is 5.69 Å². The van der Waals surface area contributed by atoms with E-state index in [1.165, 1.54) is 25.8 Å². The number of rotatable bonds is 7. The Morgan fingerprint density at radius 2 is 2.24 bits per heavy atom. The number of hydrogen-bond acceptors (Lipinski definition) is 4. The molecule has 4 nitrogen and oxygen atoms in total. The first-order chi connectivity index (χ1) is 10.3. The van der Waals surface area contributed by atoms with Crippen LogP contribution in [0, 0.1) is 11.3 Å². The molecular formula is C17H23N3O. The van der Waals surface area contributed by atoms with Crippen molar-refractivity contribution in [1.29, 1.82) is 5.26 Å². The Morgan fingerprint density at radius 1 is 1.33 bits per heavy atom. The third-order valence-corrected chi connectivity index (χ3v) is 4.19. The summed E-state index contributed by atoms with van der Waals surface area (Å²) in [5.41, 5.74) is 1.13. The van der Waals surface area contributed by atoms with Crippen molar-refractivity contribution in [2.24, 2.45) is 0 Å². The second kappa shape index (κ2) is 6.82. The number of anilines is 1. The fourth-order valence-corrected chi connectivity index (χ4v) is 2.93. The van der Waals surface area contributed by atoms with Crippen molar-refractivity contribution < 1.29 is 4.74 Å². The monoisotopic (exact) mass is 285 g/mol. The van der Waals surface area contributed by atoms with Gasteiger partial charge in [0.2, 0.25) is 0 Å². The molecular weight excluding hydrogens is 262 g/mol. The third-order valence-electron chi connectivity index (χ3n) is 4.19. The van der Waals surface area contributed by atoms with Gasteiger partial charge in [0.1, 0.15) is 5.75 Å². The molecule has 0 bridgehead atoms.